The molecule has 1 unspecified atom stereocenters. The Labute approximate surface area is 91.7 Å². The van der Waals surface area contributed by atoms with Crippen LogP contribution in [-0.2, 0) is 4.79 Å². The van der Waals surface area contributed by atoms with Crippen molar-refractivity contribution in [3.8, 4) is 0 Å². The number of rotatable bonds is 0. The molecule has 1 amide bonds. The van der Waals surface area contributed by atoms with E-state index in [-0.39, 0.29) is 11.0 Å². The van der Waals surface area contributed by atoms with Crippen LogP contribution in [0.15, 0.2) is 23.2 Å². The van der Waals surface area contributed by atoms with Crippen LogP contribution in [0.1, 0.15) is 17.4 Å². The van der Waals surface area contributed by atoms with Crippen LogP contribution >= 0.6 is 11.8 Å². The summed E-state index contributed by atoms with van der Waals surface area (Å²) in [6.45, 7) is 1.72. The fourth-order valence-electron chi connectivity index (χ4n) is 1.33. The third-order valence-corrected chi connectivity index (χ3v) is 3.52. The SMILES string of the molecule is CC1C(=O)Sc2cccnc2C(=O)N1C. The van der Waals surface area contributed by atoms with E-state index < -0.39 is 6.04 Å². The first-order valence-corrected chi connectivity index (χ1v) is 5.37. The summed E-state index contributed by atoms with van der Waals surface area (Å²) in [6, 6.07) is 3.06. The largest absolute Gasteiger partial charge is 0.330 e. The lowest BCUT2D eigenvalue weighted by molar-refractivity contribution is -0.114. The Morgan fingerprint density at radius 2 is 2.20 bits per heavy atom. The van der Waals surface area contributed by atoms with Crippen molar-refractivity contribution in [3.05, 3.63) is 24.0 Å². The zero-order valence-corrected chi connectivity index (χ0v) is 9.25. The highest BCUT2D eigenvalue weighted by atomic mass is 32.2. The smallest absolute Gasteiger partial charge is 0.274 e. The Bertz CT molecular complexity index is 433. The van der Waals surface area contributed by atoms with E-state index in [9.17, 15) is 9.59 Å². The van der Waals surface area contributed by atoms with E-state index in [1.807, 2.05) is 0 Å². The average Bonchev–Trinajstić information content (AvgIpc) is 2.32. The minimum Gasteiger partial charge on any atom is -0.330 e. The number of hydrogen-bond donors (Lipinski definition) is 0. The van der Waals surface area contributed by atoms with Gasteiger partial charge < -0.3 is 4.90 Å². The quantitative estimate of drug-likeness (QED) is 0.661. The fraction of sp³-hybridized carbons (Fsp3) is 0.300. The molecule has 0 radical (unpaired) electrons. The summed E-state index contributed by atoms with van der Waals surface area (Å²) in [7, 11) is 1.62. The summed E-state index contributed by atoms with van der Waals surface area (Å²) in [5.41, 5.74) is 0.364. The summed E-state index contributed by atoms with van der Waals surface area (Å²) in [5.74, 6) is -0.198. The molecular formula is C10H10N2O2S. The van der Waals surface area contributed by atoms with Gasteiger partial charge >= 0.3 is 0 Å². The zero-order chi connectivity index (χ0) is 11.0. The van der Waals surface area contributed by atoms with E-state index in [1.165, 1.54) is 4.90 Å². The molecule has 5 heteroatoms. The number of hydrogen-bond acceptors (Lipinski definition) is 4. The monoisotopic (exact) mass is 222 g/mol. The van der Waals surface area contributed by atoms with Gasteiger partial charge in [-0.15, -0.1) is 0 Å². The van der Waals surface area contributed by atoms with Crippen LogP contribution in [0.5, 0.6) is 0 Å². The Morgan fingerprint density at radius 1 is 1.47 bits per heavy atom. The molecule has 2 rings (SSSR count). The van der Waals surface area contributed by atoms with Gasteiger partial charge in [0.2, 0.25) is 5.12 Å². The maximum absolute atomic E-state index is 11.9. The second-order valence-electron chi connectivity index (χ2n) is 3.36. The van der Waals surface area contributed by atoms with E-state index >= 15 is 0 Å². The molecule has 0 saturated heterocycles. The van der Waals surface area contributed by atoms with Gasteiger partial charge in [-0.2, -0.15) is 0 Å². The van der Waals surface area contributed by atoms with Crippen LogP contribution in [0.3, 0.4) is 0 Å². The van der Waals surface area contributed by atoms with E-state index in [4.69, 9.17) is 0 Å². The average molecular weight is 222 g/mol. The van der Waals surface area contributed by atoms with Gasteiger partial charge in [0.1, 0.15) is 5.69 Å². The molecule has 1 aromatic rings. The molecule has 0 aliphatic carbocycles. The molecule has 0 fully saturated rings. The molecule has 0 saturated carbocycles. The summed E-state index contributed by atoms with van der Waals surface area (Å²) in [5, 5.41) is -0.0300. The third-order valence-electron chi connectivity index (χ3n) is 2.43. The zero-order valence-electron chi connectivity index (χ0n) is 8.43. The number of amides is 1. The number of fused-ring (bicyclic) bond motifs is 1. The second-order valence-corrected chi connectivity index (χ2v) is 4.41. The first kappa shape index (κ1) is 10.2. The van der Waals surface area contributed by atoms with Crippen molar-refractivity contribution >= 4 is 22.8 Å². The summed E-state index contributed by atoms with van der Waals surface area (Å²) < 4.78 is 0. The van der Waals surface area contributed by atoms with Gasteiger partial charge in [0.05, 0.1) is 6.04 Å². The minimum absolute atomic E-state index is 0.0300. The van der Waals surface area contributed by atoms with Crippen molar-refractivity contribution in [1.29, 1.82) is 0 Å². The van der Waals surface area contributed by atoms with Crippen LogP contribution in [0.2, 0.25) is 0 Å². The van der Waals surface area contributed by atoms with Crippen molar-refractivity contribution in [2.24, 2.45) is 0 Å². The molecule has 1 aliphatic rings. The number of thioether (sulfide) groups is 1. The van der Waals surface area contributed by atoms with Crippen molar-refractivity contribution in [3.63, 3.8) is 0 Å². The van der Waals surface area contributed by atoms with E-state index in [2.05, 4.69) is 4.98 Å². The summed E-state index contributed by atoms with van der Waals surface area (Å²) in [6.07, 6.45) is 1.56. The topological polar surface area (TPSA) is 50.3 Å². The number of carbonyl (C=O) groups excluding carboxylic acids is 2. The Balaban J connectivity index is 2.53. The molecular weight excluding hydrogens is 212 g/mol. The summed E-state index contributed by atoms with van der Waals surface area (Å²) in [4.78, 5) is 29.6. The highest BCUT2D eigenvalue weighted by Crippen LogP contribution is 2.28. The molecule has 78 valence electrons. The molecule has 0 N–H and O–H groups in total. The van der Waals surface area contributed by atoms with Gasteiger partial charge in [-0.1, -0.05) is 0 Å². The number of aromatic nitrogens is 1. The number of nitrogens with zero attached hydrogens (tertiary/aromatic N) is 2. The van der Waals surface area contributed by atoms with Gasteiger partial charge in [0.15, 0.2) is 0 Å². The van der Waals surface area contributed by atoms with Crippen molar-refractivity contribution in [1.82, 2.24) is 9.88 Å². The Kier molecular flexibility index (Phi) is 2.48. The van der Waals surface area contributed by atoms with Crippen LogP contribution in [-0.4, -0.2) is 34.0 Å². The Hall–Kier alpha value is -1.36. The van der Waals surface area contributed by atoms with Crippen LogP contribution < -0.4 is 0 Å². The minimum atomic E-state index is -0.406. The molecule has 0 spiro atoms. The van der Waals surface area contributed by atoms with Gasteiger partial charge in [0.25, 0.3) is 5.91 Å². The molecule has 1 atom stereocenters. The molecule has 0 bridgehead atoms. The predicted octanol–water partition coefficient (Wildman–Crippen LogP) is 1.17. The van der Waals surface area contributed by atoms with Crippen LogP contribution in [0, 0.1) is 0 Å². The van der Waals surface area contributed by atoms with Crippen LogP contribution in [0.25, 0.3) is 0 Å². The number of likely N-dealkylation sites (N-methyl/N-ethyl adjacent to an activating group) is 1. The third kappa shape index (κ3) is 1.63. The van der Waals surface area contributed by atoms with E-state index in [0.29, 0.717) is 10.6 Å². The Morgan fingerprint density at radius 3 is 2.93 bits per heavy atom. The fourth-order valence-corrected chi connectivity index (χ4v) is 2.26. The predicted molar refractivity (Wildman–Crippen MR) is 56.7 cm³/mol. The van der Waals surface area contributed by atoms with E-state index in [1.54, 1.807) is 32.3 Å². The van der Waals surface area contributed by atoms with Gasteiger partial charge in [-0.3, -0.25) is 9.59 Å². The lowest BCUT2D eigenvalue weighted by Gasteiger charge is -2.19. The first-order valence-electron chi connectivity index (χ1n) is 4.55. The molecule has 1 aromatic heterocycles. The van der Waals surface area contributed by atoms with E-state index in [0.717, 1.165) is 11.8 Å². The molecule has 2 heterocycles. The highest BCUT2D eigenvalue weighted by Gasteiger charge is 2.31. The molecule has 1 aliphatic heterocycles. The number of carbonyl (C=O) groups is 2. The van der Waals surface area contributed by atoms with Gasteiger partial charge in [0, 0.05) is 18.1 Å². The standard InChI is InChI=1S/C10H10N2O2S/c1-6-10(14)15-7-4-3-5-11-8(7)9(13)12(6)2/h3-6H,1-2H3. The maximum atomic E-state index is 11.9. The lowest BCUT2D eigenvalue weighted by Crippen LogP contribution is -2.37. The second kappa shape index (κ2) is 3.66. The molecule has 4 nitrogen and oxygen atoms in total. The molecule has 15 heavy (non-hydrogen) atoms. The van der Waals surface area contributed by atoms with Gasteiger partial charge in [-0.25, -0.2) is 4.98 Å². The first-order chi connectivity index (χ1) is 7.11. The van der Waals surface area contributed by atoms with Crippen molar-refractivity contribution in [2.45, 2.75) is 17.9 Å². The summed E-state index contributed by atoms with van der Waals surface area (Å²) >= 11 is 1.08. The van der Waals surface area contributed by atoms with Crippen molar-refractivity contribution in [2.75, 3.05) is 7.05 Å². The van der Waals surface area contributed by atoms with Crippen molar-refractivity contribution < 1.29 is 9.59 Å². The highest BCUT2D eigenvalue weighted by molar-refractivity contribution is 8.13. The normalized spacial score (nSPS) is 21.2. The number of pyridine rings is 1. The molecule has 0 aromatic carbocycles. The van der Waals surface area contributed by atoms with Crippen LogP contribution in [0.4, 0.5) is 0 Å². The maximum Gasteiger partial charge on any atom is 0.274 e. The van der Waals surface area contributed by atoms with Gasteiger partial charge in [-0.05, 0) is 30.8 Å². The lowest BCUT2D eigenvalue weighted by atomic mass is 10.2.